The van der Waals surface area contributed by atoms with Crippen LogP contribution in [0.1, 0.15) is 11.7 Å². The van der Waals surface area contributed by atoms with Crippen LogP contribution in [0.15, 0.2) is 29.3 Å². The smallest absolute Gasteiger partial charge is 0.405 e. The summed E-state index contributed by atoms with van der Waals surface area (Å²) in [4.78, 5) is 0. The van der Waals surface area contributed by atoms with Crippen LogP contribution in [0.25, 0.3) is 0 Å². The number of rotatable bonds is 3. The van der Waals surface area contributed by atoms with Crippen molar-refractivity contribution in [3.05, 3.63) is 39.8 Å². The van der Waals surface area contributed by atoms with Gasteiger partial charge >= 0.3 is 6.36 Å². The van der Waals surface area contributed by atoms with E-state index in [1.54, 1.807) is 0 Å². The molecule has 1 atom stereocenters. The minimum Gasteiger partial charge on any atom is -0.405 e. The van der Waals surface area contributed by atoms with E-state index in [1.165, 1.54) is 6.07 Å². The highest BCUT2D eigenvalue weighted by atomic mass is 79.9. The lowest BCUT2D eigenvalue weighted by atomic mass is 10.1. The van der Waals surface area contributed by atoms with Gasteiger partial charge in [-0.1, -0.05) is 17.7 Å². The maximum absolute atomic E-state index is 12.1. The molecule has 1 unspecified atom stereocenters. The quantitative estimate of drug-likeness (QED) is 0.840. The Morgan fingerprint density at radius 1 is 1.47 bits per heavy atom. The van der Waals surface area contributed by atoms with Crippen LogP contribution in [-0.4, -0.2) is 11.5 Å². The molecule has 1 aromatic carbocycles. The van der Waals surface area contributed by atoms with Crippen molar-refractivity contribution in [3.8, 4) is 5.75 Å². The Labute approximate surface area is 109 Å². The molecule has 0 saturated carbocycles. The normalized spacial score (nSPS) is 13.3. The molecule has 0 fully saturated rings. The van der Waals surface area contributed by atoms with Crippen LogP contribution in [0, 0.1) is 0 Å². The molecular formula is C10H7BrClF3O2. The third-order valence-corrected chi connectivity index (χ3v) is 3.13. The van der Waals surface area contributed by atoms with Crippen LogP contribution in [-0.2, 0) is 0 Å². The summed E-state index contributed by atoms with van der Waals surface area (Å²) in [7, 11) is 0. The van der Waals surface area contributed by atoms with Gasteiger partial charge in [0.2, 0.25) is 0 Å². The summed E-state index contributed by atoms with van der Waals surface area (Å²) < 4.78 is 40.5. The van der Waals surface area contributed by atoms with E-state index in [0.717, 1.165) is 12.1 Å². The van der Waals surface area contributed by atoms with E-state index in [0.29, 0.717) is 4.47 Å². The topological polar surface area (TPSA) is 29.5 Å². The predicted molar refractivity (Wildman–Crippen MR) is 61.0 cm³/mol. The second kappa shape index (κ2) is 5.29. The van der Waals surface area contributed by atoms with Crippen molar-refractivity contribution in [2.24, 2.45) is 0 Å². The van der Waals surface area contributed by atoms with Crippen LogP contribution >= 0.6 is 27.5 Å². The lowest BCUT2D eigenvalue weighted by Gasteiger charge is -2.17. The van der Waals surface area contributed by atoms with E-state index >= 15 is 0 Å². The molecule has 0 aliphatic heterocycles. The highest BCUT2D eigenvalue weighted by Crippen LogP contribution is 2.39. The third kappa shape index (κ3) is 3.62. The summed E-state index contributed by atoms with van der Waals surface area (Å²) in [6.07, 6.45) is -5.15. The summed E-state index contributed by atoms with van der Waals surface area (Å²) in [5.74, 6) is -0.557. The highest BCUT2D eigenvalue weighted by Gasteiger charge is 2.33. The summed E-state index contributed by atoms with van der Waals surface area (Å²) in [5, 5.41) is 9.49. The van der Waals surface area contributed by atoms with Crippen molar-refractivity contribution in [2.45, 2.75) is 12.5 Å². The van der Waals surface area contributed by atoms with Crippen LogP contribution in [0.4, 0.5) is 13.2 Å². The van der Waals surface area contributed by atoms with Crippen LogP contribution < -0.4 is 4.74 Å². The van der Waals surface area contributed by atoms with Crippen molar-refractivity contribution in [3.63, 3.8) is 0 Å². The molecule has 1 N–H and O–H groups in total. The molecular weight excluding hydrogens is 324 g/mol. The zero-order valence-corrected chi connectivity index (χ0v) is 10.6. The van der Waals surface area contributed by atoms with Crippen molar-refractivity contribution in [1.29, 1.82) is 0 Å². The van der Waals surface area contributed by atoms with Gasteiger partial charge in [0, 0.05) is 10.0 Å². The monoisotopic (exact) mass is 330 g/mol. The summed E-state index contributed by atoms with van der Waals surface area (Å²) >= 11 is 8.84. The van der Waals surface area contributed by atoms with Crippen molar-refractivity contribution >= 4 is 27.5 Å². The van der Waals surface area contributed by atoms with Gasteiger partial charge in [0.15, 0.2) is 0 Å². The minimum atomic E-state index is -4.85. The maximum Gasteiger partial charge on any atom is 0.573 e. The average molecular weight is 332 g/mol. The Hall–Kier alpha value is -0.720. The van der Waals surface area contributed by atoms with E-state index in [4.69, 9.17) is 11.6 Å². The fourth-order valence-electron chi connectivity index (χ4n) is 1.16. The lowest BCUT2D eigenvalue weighted by Crippen LogP contribution is -2.18. The van der Waals surface area contributed by atoms with Crippen LogP contribution in [0.3, 0.4) is 0 Å². The Morgan fingerprint density at radius 3 is 2.53 bits per heavy atom. The fraction of sp³-hybridized carbons (Fsp3) is 0.200. The first-order valence-corrected chi connectivity index (χ1v) is 5.47. The number of aliphatic hydroxyl groups excluding tert-OH is 1. The number of ether oxygens (including phenoxy) is 1. The average Bonchev–Trinajstić information content (AvgIpc) is 2.21. The second-order valence-electron chi connectivity index (χ2n) is 3.00. The molecule has 0 bridgehead atoms. The number of hydrogen-bond donors (Lipinski definition) is 1. The number of alkyl halides is 3. The van der Waals surface area contributed by atoms with Crippen molar-refractivity contribution in [1.82, 2.24) is 0 Å². The molecule has 0 heterocycles. The zero-order valence-electron chi connectivity index (χ0n) is 8.26. The first kappa shape index (κ1) is 14.3. The second-order valence-corrected chi connectivity index (χ2v) is 4.23. The maximum atomic E-state index is 12.1. The number of halogens is 5. The molecule has 0 aromatic heterocycles. The van der Waals surface area contributed by atoms with E-state index in [1.807, 2.05) is 0 Å². The van der Waals surface area contributed by atoms with E-state index < -0.39 is 18.2 Å². The molecule has 94 valence electrons. The Balaban J connectivity index is 3.30. The minimum absolute atomic E-state index is 0.0563. The standard InChI is InChI=1S/C10H7BrClF3O2/c1-2-6(16)8-7(17-10(13,14)15)4-3-5(11)9(8)12/h2-4,6,16H,1H2. The Bertz CT molecular complexity index is 434. The molecule has 0 spiro atoms. The Kier molecular flexibility index (Phi) is 4.46. The third-order valence-electron chi connectivity index (χ3n) is 1.84. The Morgan fingerprint density at radius 2 is 2.06 bits per heavy atom. The molecule has 7 heteroatoms. The number of aliphatic hydroxyl groups is 1. The van der Waals surface area contributed by atoms with E-state index in [9.17, 15) is 18.3 Å². The van der Waals surface area contributed by atoms with Crippen molar-refractivity contribution < 1.29 is 23.0 Å². The van der Waals surface area contributed by atoms with Gasteiger partial charge in [-0.15, -0.1) is 19.8 Å². The summed E-state index contributed by atoms with van der Waals surface area (Å²) in [6, 6.07) is 2.36. The molecule has 0 aliphatic carbocycles. The first-order chi connectivity index (χ1) is 7.76. The van der Waals surface area contributed by atoms with Gasteiger partial charge in [-0.2, -0.15) is 0 Å². The van der Waals surface area contributed by atoms with E-state index in [2.05, 4.69) is 27.2 Å². The zero-order chi connectivity index (χ0) is 13.2. The SMILES string of the molecule is C=CC(O)c1c(OC(F)(F)F)ccc(Br)c1Cl. The van der Waals surface area contributed by atoms with Gasteiger partial charge in [-0.25, -0.2) is 0 Å². The predicted octanol–water partition coefficient (Wildman–Crippen LogP) is 4.22. The van der Waals surface area contributed by atoms with Crippen LogP contribution in [0.2, 0.25) is 5.02 Å². The largest absolute Gasteiger partial charge is 0.573 e. The lowest BCUT2D eigenvalue weighted by molar-refractivity contribution is -0.275. The van der Waals surface area contributed by atoms with Gasteiger partial charge in [0.25, 0.3) is 0 Å². The van der Waals surface area contributed by atoms with Gasteiger partial charge in [0.1, 0.15) is 11.9 Å². The van der Waals surface area contributed by atoms with Gasteiger partial charge < -0.3 is 9.84 Å². The molecule has 0 aliphatic rings. The molecule has 0 saturated heterocycles. The van der Waals surface area contributed by atoms with Gasteiger partial charge in [0.05, 0.1) is 5.02 Å². The number of hydrogen-bond acceptors (Lipinski definition) is 2. The fourth-order valence-corrected chi connectivity index (χ4v) is 1.77. The molecule has 0 amide bonds. The number of benzene rings is 1. The first-order valence-electron chi connectivity index (χ1n) is 4.30. The van der Waals surface area contributed by atoms with Crippen molar-refractivity contribution in [2.75, 3.05) is 0 Å². The molecule has 2 nitrogen and oxygen atoms in total. The summed E-state index contributed by atoms with van der Waals surface area (Å²) in [6.45, 7) is 3.28. The molecule has 0 radical (unpaired) electrons. The van der Waals surface area contributed by atoms with E-state index in [-0.39, 0.29) is 10.6 Å². The highest BCUT2D eigenvalue weighted by molar-refractivity contribution is 9.10. The molecule has 1 rings (SSSR count). The van der Waals surface area contributed by atoms with Crippen LogP contribution in [0.5, 0.6) is 5.75 Å². The summed E-state index contributed by atoms with van der Waals surface area (Å²) in [5.41, 5.74) is -0.187. The van der Waals surface area contributed by atoms with Gasteiger partial charge in [-0.05, 0) is 28.1 Å². The molecule has 1 aromatic rings. The molecule has 17 heavy (non-hydrogen) atoms. The van der Waals surface area contributed by atoms with Gasteiger partial charge in [-0.3, -0.25) is 0 Å².